The number of hydrogen-bond donors (Lipinski definition) is 2. The third kappa shape index (κ3) is 31.6. The molecule has 0 aliphatic carbocycles. The second kappa shape index (κ2) is 29.6. The van der Waals surface area contributed by atoms with Crippen molar-refractivity contribution in [3.05, 3.63) is 25.3 Å². The molecule has 0 spiro atoms. The van der Waals surface area contributed by atoms with E-state index < -0.39 is 24.5 Å². The van der Waals surface area contributed by atoms with E-state index in [0.29, 0.717) is 59.5 Å². The van der Waals surface area contributed by atoms with Crippen molar-refractivity contribution in [1.82, 2.24) is 0 Å². The van der Waals surface area contributed by atoms with E-state index in [1.807, 2.05) is 0 Å². The molecule has 35 heavy (non-hydrogen) atoms. The second-order valence-electron chi connectivity index (χ2n) is 5.91. The Labute approximate surface area is 205 Å². The Morgan fingerprint density at radius 3 is 1.14 bits per heavy atom. The summed E-state index contributed by atoms with van der Waals surface area (Å²) >= 11 is 0. The van der Waals surface area contributed by atoms with Gasteiger partial charge in [0.2, 0.25) is 0 Å². The third-order valence-corrected chi connectivity index (χ3v) is 3.25. The van der Waals surface area contributed by atoms with Crippen molar-refractivity contribution in [3.63, 3.8) is 0 Å². The molecule has 0 bridgehead atoms. The van der Waals surface area contributed by atoms with E-state index in [9.17, 15) is 14.4 Å². The van der Waals surface area contributed by atoms with Crippen molar-refractivity contribution in [1.29, 1.82) is 0 Å². The van der Waals surface area contributed by atoms with Crippen LogP contribution in [0.4, 0.5) is 0 Å². The highest BCUT2D eigenvalue weighted by molar-refractivity contribution is 5.81. The van der Waals surface area contributed by atoms with Crippen molar-refractivity contribution in [2.45, 2.75) is 0 Å². The molecule has 0 aliphatic heterocycles. The van der Waals surface area contributed by atoms with Gasteiger partial charge in [0, 0.05) is 12.2 Å². The molecule has 13 heteroatoms. The molecule has 0 aliphatic rings. The lowest BCUT2D eigenvalue weighted by molar-refractivity contribution is -0.148. The summed E-state index contributed by atoms with van der Waals surface area (Å²) in [6.45, 7) is 10.1. The van der Waals surface area contributed by atoms with Gasteiger partial charge in [-0.25, -0.2) is 14.4 Å². The van der Waals surface area contributed by atoms with Gasteiger partial charge in [0.25, 0.3) is 0 Å². The van der Waals surface area contributed by atoms with E-state index in [2.05, 4.69) is 27.4 Å². The summed E-state index contributed by atoms with van der Waals surface area (Å²) in [5, 5.41) is 16.7. The Morgan fingerprint density at radius 1 is 0.514 bits per heavy atom. The van der Waals surface area contributed by atoms with E-state index >= 15 is 0 Å². The van der Waals surface area contributed by atoms with Gasteiger partial charge in [0.1, 0.15) is 26.4 Å². The fourth-order valence-electron chi connectivity index (χ4n) is 1.71. The minimum atomic E-state index is -0.661. The number of aliphatic hydroxyl groups excluding tert-OH is 2. The first kappa shape index (κ1) is 34.8. The molecular formula is C22H38O13. The lowest BCUT2D eigenvalue weighted by Gasteiger charge is -2.06. The summed E-state index contributed by atoms with van der Waals surface area (Å²) in [5.41, 5.74) is 0. The fraction of sp³-hybridized carbons (Fsp3) is 0.682. The van der Waals surface area contributed by atoms with Gasteiger partial charge >= 0.3 is 17.9 Å². The Bertz CT molecular complexity index is 511. The molecule has 0 saturated carbocycles. The lowest BCUT2D eigenvalue weighted by atomic mass is 10.6. The maximum absolute atomic E-state index is 10.6. The molecule has 0 unspecified atom stereocenters. The van der Waals surface area contributed by atoms with Gasteiger partial charge < -0.3 is 48.1 Å². The number of hydrogen-bond acceptors (Lipinski definition) is 13. The first-order valence-corrected chi connectivity index (χ1v) is 10.9. The number of carbonyl (C=O) groups is 3. The molecule has 13 nitrogen and oxygen atoms in total. The molecule has 0 amide bonds. The largest absolute Gasteiger partial charge is 0.462 e. The summed E-state index contributed by atoms with van der Waals surface area (Å²) in [6, 6.07) is 0. The van der Waals surface area contributed by atoms with Crippen LogP contribution in [0.3, 0.4) is 0 Å². The van der Waals surface area contributed by atoms with Gasteiger partial charge in [0.05, 0.1) is 72.7 Å². The Hall–Kier alpha value is -2.39. The van der Waals surface area contributed by atoms with Gasteiger partial charge in [-0.05, 0) is 0 Å². The summed E-state index contributed by atoms with van der Waals surface area (Å²) in [7, 11) is 0. The minimum absolute atomic E-state index is 0.00959. The average Bonchev–Trinajstić information content (AvgIpc) is 2.88. The molecule has 0 saturated heterocycles. The molecule has 204 valence electrons. The molecule has 0 aromatic rings. The minimum Gasteiger partial charge on any atom is -0.462 e. The predicted octanol–water partition coefficient (Wildman–Crippen LogP) is -0.958. The SMILES string of the molecule is C=CC(=O)OCCOCCOCCOC(=O)C=C.O=C(CO)OCCOCCOCCOCCO. The van der Waals surface area contributed by atoms with E-state index in [-0.39, 0.29) is 33.0 Å². The molecule has 0 fully saturated rings. The normalized spacial score (nSPS) is 10.0. The summed E-state index contributed by atoms with van der Waals surface area (Å²) in [4.78, 5) is 31.7. The van der Waals surface area contributed by atoms with E-state index in [1.165, 1.54) is 0 Å². The Kier molecular flexibility index (Phi) is 29.5. The quantitative estimate of drug-likeness (QED) is 0.0748. The van der Waals surface area contributed by atoms with Crippen LogP contribution in [0, 0.1) is 0 Å². The molecular weight excluding hydrogens is 472 g/mol. The van der Waals surface area contributed by atoms with Crippen LogP contribution >= 0.6 is 0 Å². The van der Waals surface area contributed by atoms with Crippen LogP contribution in [0.1, 0.15) is 0 Å². The number of carbonyl (C=O) groups excluding carboxylic acids is 3. The van der Waals surface area contributed by atoms with Crippen molar-refractivity contribution in [2.24, 2.45) is 0 Å². The second-order valence-corrected chi connectivity index (χ2v) is 5.91. The fourth-order valence-corrected chi connectivity index (χ4v) is 1.71. The Morgan fingerprint density at radius 2 is 0.829 bits per heavy atom. The van der Waals surface area contributed by atoms with E-state index in [1.54, 1.807) is 0 Å². The maximum Gasteiger partial charge on any atom is 0.331 e. The Balaban J connectivity index is 0. The van der Waals surface area contributed by atoms with Crippen molar-refractivity contribution >= 4 is 17.9 Å². The zero-order chi connectivity index (χ0) is 26.4. The number of ether oxygens (including phenoxy) is 8. The van der Waals surface area contributed by atoms with Crippen LogP contribution in [-0.4, -0.2) is 127 Å². The predicted molar refractivity (Wildman–Crippen MR) is 122 cm³/mol. The first-order chi connectivity index (χ1) is 17.0. The van der Waals surface area contributed by atoms with Crippen LogP contribution in [0.15, 0.2) is 25.3 Å². The van der Waals surface area contributed by atoms with Crippen molar-refractivity contribution < 1.29 is 62.5 Å². The number of esters is 3. The zero-order valence-corrected chi connectivity index (χ0v) is 20.1. The highest BCUT2D eigenvalue weighted by atomic mass is 16.6. The van der Waals surface area contributed by atoms with Crippen LogP contribution in [0.25, 0.3) is 0 Å². The average molecular weight is 511 g/mol. The maximum atomic E-state index is 10.6. The number of rotatable bonds is 23. The molecule has 2 N–H and O–H groups in total. The number of aliphatic hydroxyl groups is 2. The van der Waals surface area contributed by atoms with Gasteiger partial charge in [0.15, 0.2) is 0 Å². The molecule has 0 aromatic carbocycles. The highest BCUT2D eigenvalue weighted by Crippen LogP contribution is 1.85. The smallest absolute Gasteiger partial charge is 0.331 e. The van der Waals surface area contributed by atoms with Crippen LogP contribution in [0.5, 0.6) is 0 Å². The van der Waals surface area contributed by atoms with Crippen LogP contribution < -0.4 is 0 Å². The van der Waals surface area contributed by atoms with E-state index in [0.717, 1.165) is 12.2 Å². The zero-order valence-electron chi connectivity index (χ0n) is 20.1. The third-order valence-electron chi connectivity index (χ3n) is 3.25. The van der Waals surface area contributed by atoms with E-state index in [4.69, 9.17) is 33.9 Å². The molecule has 0 heterocycles. The van der Waals surface area contributed by atoms with Crippen molar-refractivity contribution in [2.75, 3.05) is 99.1 Å². The lowest BCUT2D eigenvalue weighted by Crippen LogP contribution is -2.15. The topological polar surface area (TPSA) is 166 Å². The van der Waals surface area contributed by atoms with Crippen LogP contribution in [0.2, 0.25) is 0 Å². The van der Waals surface area contributed by atoms with Crippen LogP contribution in [-0.2, 0) is 52.3 Å². The van der Waals surface area contributed by atoms with Gasteiger partial charge in [-0.3, -0.25) is 0 Å². The molecule has 0 rings (SSSR count). The molecule has 0 aromatic heterocycles. The summed E-state index contributed by atoms with van der Waals surface area (Å²) in [6.07, 6.45) is 2.18. The van der Waals surface area contributed by atoms with Gasteiger partial charge in [-0.1, -0.05) is 13.2 Å². The van der Waals surface area contributed by atoms with Gasteiger partial charge in [-0.2, -0.15) is 0 Å². The highest BCUT2D eigenvalue weighted by Gasteiger charge is 1.99. The molecule has 0 radical (unpaired) electrons. The molecule has 0 atom stereocenters. The monoisotopic (exact) mass is 510 g/mol. The van der Waals surface area contributed by atoms with Crippen molar-refractivity contribution in [3.8, 4) is 0 Å². The van der Waals surface area contributed by atoms with Gasteiger partial charge in [-0.15, -0.1) is 0 Å². The first-order valence-electron chi connectivity index (χ1n) is 10.9. The standard InChI is InChI=1S/C12H18O6.C10H20O7/c1-3-11(13)17-9-7-15-5-6-16-8-10-18-12(14)4-2;11-1-2-14-3-4-15-5-6-16-7-8-17-10(13)9-12/h3-4H,1-2,5-10H2;11-12H,1-9H2. The summed E-state index contributed by atoms with van der Waals surface area (Å²) < 4.78 is 39.4. The summed E-state index contributed by atoms with van der Waals surface area (Å²) in [5.74, 6) is -1.61.